The first kappa shape index (κ1) is 14.5. The van der Waals surface area contributed by atoms with Gasteiger partial charge in [-0.25, -0.2) is 0 Å². The average molecular weight is 270 g/mol. The predicted octanol–water partition coefficient (Wildman–Crippen LogP) is 2.11. The molecule has 0 saturated carbocycles. The van der Waals surface area contributed by atoms with E-state index in [1.165, 1.54) is 0 Å². The van der Waals surface area contributed by atoms with E-state index in [9.17, 15) is 9.59 Å². The number of carboxylic acid groups (broad SMARTS) is 1. The first-order valence-corrected chi connectivity index (χ1v) is 5.93. The molecule has 0 spiro atoms. The molecular weight excluding hydrogens is 254 g/mol. The molecule has 0 radical (unpaired) electrons. The van der Waals surface area contributed by atoms with Crippen LogP contribution in [0.1, 0.15) is 19.4 Å². The number of halogens is 1. The minimum Gasteiger partial charge on any atom is -0.481 e. The van der Waals surface area contributed by atoms with E-state index in [0.29, 0.717) is 5.02 Å². The lowest BCUT2D eigenvalue weighted by Gasteiger charge is -2.19. The molecule has 1 aromatic rings. The van der Waals surface area contributed by atoms with Gasteiger partial charge < -0.3 is 10.4 Å². The molecule has 0 aliphatic carbocycles. The fraction of sp³-hybridized carbons (Fsp3) is 0.385. The summed E-state index contributed by atoms with van der Waals surface area (Å²) >= 11 is 5.81. The van der Waals surface area contributed by atoms with Crippen LogP contribution in [-0.4, -0.2) is 23.5 Å². The molecule has 4 nitrogen and oxygen atoms in total. The van der Waals surface area contributed by atoms with Crippen molar-refractivity contribution in [3.05, 3.63) is 34.9 Å². The van der Waals surface area contributed by atoms with Crippen molar-refractivity contribution in [1.82, 2.24) is 5.32 Å². The number of hydrogen-bond donors (Lipinski definition) is 2. The van der Waals surface area contributed by atoms with Gasteiger partial charge in [0.1, 0.15) is 0 Å². The SMILES string of the molecule is CC(C)(CNC(=O)Cc1cccc(Cl)c1)C(=O)O. The third-order valence-corrected chi connectivity index (χ3v) is 2.80. The number of amides is 1. The highest BCUT2D eigenvalue weighted by molar-refractivity contribution is 6.30. The summed E-state index contributed by atoms with van der Waals surface area (Å²) in [6, 6.07) is 7.01. The topological polar surface area (TPSA) is 66.4 Å². The molecule has 0 aliphatic heterocycles. The maximum atomic E-state index is 11.6. The molecule has 0 heterocycles. The van der Waals surface area contributed by atoms with E-state index in [0.717, 1.165) is 5.56 Å². The summed E-state index contributed by atoms with van der Waals surface area (Å²) < 4.78 is 0. The first-order chi connectivity index (χ1) is 8.31. The van der Waals surface area contributed by atoms with E-state index < -0.39 is 11.4 Å². The van der Waals surface area contributed by atoms with Crippen molar-refractivity contribution < 1.29 is 14.7 Å². The van der Waals surface area contributed by atoms with Crippen LogP contribution in [0, 0.1) is 5.41 Å². The van der Waals surface area contributed by atoms with Gasteiger partial charge in [-0.15, -0.1) is 0 Å². The van der Waals surface area contributed by atoms with E-state index in [1.807, 2.05) is 0 Å². The molecule has 0 bridgehead atoms. The van der Waals surface area contributed by atoms with Crippen molar-refractivity contribution in [2.75, 3.05) is 6.54 Å². The van der Waals surface area contributed by atoms with Crippen molar-refractivity contribution in [2.45, 2.75) is 20.3 Å². The van der Waals surface area contributed by atoms with Crippen molar-refractivity contribution in [1.29, 1.82) is 0 Å². The van der Waals surface area contributed by atoms with Crippen LogP contribution in [0.4, 0.5) is 0 Å². The molecule has 0 saturated heterocycles. The molecule has 0 atom stereocenters. The Hall–Kier alpha value is -1.55. The van der Waals surface area contributed by atoms with Gasteiger partial charge >= 0.3 is 5.97 Å². The summed E-state index contributed by atoms with van der Waals surface area (Å²) in [4.78, 5) is 22.5. The van der Waals surface area contributed by atoms with Crippen LogP contribution in [0.15, 0.2) is 24.3 Å². The Bertz CT molecular complexity index is 457. The summed E-state index contributed by atoms with van der Waals surface area (Å²) in [7, 11) is 0. The van der Waals surface area contributed by atoms with E-state index in [2.05, 4.69) is 5.32 Å². The molecule has 1 amide bonds. The van der Waals surface area contributed by atoms with E-state index in [4.69, 9.17) is 16.7 Å². The Morgan fingerprint density at radius 3 is 2.61 bits per heavy atom. The third kappa shape index (κ3) is 4.37. The predicted molar refractivity (Wildman–Crippen MR) is 69.6 cm³/mol. The molecule has 5 heteroatoms. The summed E-state index contributed by atoms with van der Waals surface area (Å²) in [5.41, 5.74) is -0.169. The minimum atomic E-state index is -0.968. The van der Waals surface area contributed by atoms with Gasteiger partial charge in [0.25, 0.3) is 0 Å². The lowest BCUT2D eigenvalue weighted by Crippen LogP contribution is -2.39. The van der Waals surface area contributed by atoms with Gasteiger partial charge in [-0.2, -0.15) is 0 Å². The van der Waals surface area contributed by atoms with Gasteiger partial charge in [0.15, 0.2) is 0 Å². The van der Waals surface area contributed by atoms with Gasteiger partial charge in [0.2, 0.25) is 5.91 Å². The van der Waals surface area contributed by atoms with Gasteiger partial charge in [0.05, 0.1) is 11.8 Å². The first-order valence-electron chi connectivity index (χ1n) is 5.56. The lowest BCUT2D eigenvalue weighted by atomic mass is 9.94. The largest absolute Gasteiger partial charge is 0.481 e. The second-order valence-electron chi connectivity index (χ2n) is 4.77. The maximum absolute atomic E-state index is 11.6. The molecule has 0 aromatic heterocycles. The quantitative estimate of drug-likeness (QED) is 0.860. The van der Waals surface area contributed by atoms with Crippen molar-refractivity contribution in [2.24, 2.45) is 5.41 Å². The summed E-state index contributed by atoms with van der Waals surface area (Å²) in [6.45, 7) is 3.23. The third-order valence-electron chi connectivity index (χ3n) is 2.56. The Labute approximate surface area is 111 Å². The molecule has 2 N–H and O–H groups in total. The maximum Gasteiger partial charge on any atom is 0.310 e. The highest BCUT2D eigenvalue weighted by atomic mass is 35.5. The smallest absolute Gasteiger partial charge is 0.310 e. The highest BCUT2D eigenvalue weighted by Gasteiger charge is 2.27. The van der Waals surface area contributed by atoms with E-state index >= 15 is 0 Å². The molecule has 98 valence electrons. The molecule has 0 aliphatic rings. The highest BCUT2D eigenvalue weighted by Crippen LogP contribution is 2.14. The Balaban J connectivity index is 2.50. The van der Waals surface area contributed by atoms with Gasteiger partial charge in [-0.3, -0.25) is 9.59 Å². The van der Waals surface area contributed by atoms with E-state index in [1.54, 1.807) is 38.1 Å². The zero-order valence-electron chi connectivity index (χ0n) is 10.4. The number of carbonyl (C=O) groups excluding carboxylic acids is 1. The number of hydrogen-bond acceptors (Lipinski definition) is 2. The Morgan fingerprint density at radius 2 is 2.06 bits per heavy atom. The fourth-order valence-corrected chi connectivity index (χ4v) is 1.50. The molecule has 0 fully saturated rings. The van der Waals surface area contributed by atoms with Gasteiger partial charge in [0, 0.05) is 11.6 Å². The van der Waals surface area contributed by atoms with Crippen LogP contribution < -0.4 is 5.32 Å². The molecule has 0 unspecified atom stereocenters. The zero-order valence-corrected chi connectivity index (χ0v) is 11.1. The van der Waals surface area contributed by atoms with E-state index in [-0.39, 0.29) is 18.9 Å². The standard InChI is InChI=1S/C13H16ClNO3/c1-13(2,12(17)18)8-15-11(16)7-9-4-3-5-10(14)6-9/h3-6H,7-8H2,1-2H3,(H,15,16)(H,17,18). The molecular formula is C13H16ClNO3. The second-order valence-corrected chi connectivity index (χ2v) is 5.21. The fourth-order valence-electron chi connectivity index (χ4n) is 1.29. The van der Waals surface area contributed by atoms with Crippen molar-refractivity contribution in [3.8, 4) is 0 Å². The van der Waals surface area contributed by atoms with Crippen molar-refractivity contribution >= 4 is 23.5 Å². The monoisotopic (exact) mass is 269 g/mol. The van der Waals surface area contributed by atoms with Gasteiger partial charge in [-0.1, -0.05) is 23.7 Å². The summed E-state index contributed by atoms with van der Waals surface area (Å²) in [6.07, 6.45) is 0.191. The summed E-state index contributed by atoms with van der Waals surface area (Å²) in [5.74, 6) is -1.16. The minimum absolute atomic E-state index is 0.0989. The average Bonchev–Trinajstić information content (AvgIpc) is 2.26. The number of carboxylic acids is 1. The van der Waals surface area contributed by atoms with Crippen LogP contribution in [0.5, 0.6) is 0 Å². The Kier molecular flexibility index (Phi) is 4.73. The van der Waals surface area contributed by atoms with Crippen LogP contribution in [-0.2, 0) is 16.0 Å². The van der Waals surface area contributed by atoms with Crippen LogP contribution in [0.3, 0.4) is 0 Å². The molecule has 18 heavy (non-hydrogen) atoms. The summed E-state index contributed by atoms with van der Waals surface area (Å²) in [5, 5.41) is 12.1. The molecule has 1 rings (SSSR count). The van der Waals surface area contributed by atoms with Crippen LogP contribution >= 0.6 is 11.6 Å². The second kappa shape index (κ2) is 5.87. The number of benzene rings is 1. The zero-order chi connectivity index (χ0) is 13.8. The number of aliphatic carboxylic acids is 1. The normalized spacial score (nSPS) is 11.1. The number of carbonyl (C=O) groups is 2. The number of nitrogens with one attached hydrogen (secondary N) is 1. The Morgan fingerprint density at radius 1 is 1.39 bits per heavy atom. The van der Waals surface area contributed by atoms with Crippen LogP contribution in [0.2, 0.25) is 5.02 Å². The van der Waals surface area contributed by atoms with Crippen LogP contribution in [0.25, 0.3) is 0 Å². The molecule has 1 aromatic carbocycles. The van der Waals surface area contributed by atoms with Gasteiger partial charge in [-0.05, 0) is 31.5 Å². The van der Waals surface area contributed by atoms with Crippen molar-refractivity contribution in [3.63, 3.8) is 0 Å². The lowest BCUT2D eigenvalue weighted by molar-refractivity contribution is -0.146. The number of rotatable bonds is 5.